The van der Waals surface area contributed by atoms with Gasteiger partial charge < -0.3 is 15.2 Å². The largest absolute Gasteiger partial charge is 0.435 e. The number of aryl methyl sites for hydroxylation is 1. The number of halogens is 2. The number of nitrogens with one attached hydrogen (secondary N) is 2. The number of H-pyrrole nitrogens is 1. The summed E-state index contributed by atoms with van der Waals surface area (Å²) in [6, 6.07) is 7.37. The van der Waals surface area contributed by atoms with Crippen LogP contribution in [-0.2, 0) is 0 Å². The minimum atomic E-state index is -2.91. The Morgan fingerprint density at radius 3 is 2.64 bits per heavy atom. The van der Waals surface area contributed by atoms with Gasteiger partial charge in [0.2, 0.25) is 0 Å². The lowest BCUT2D eigenvalue weighted by atomic mass is 10.1. The molecule has 0 aliphatic rings. The van der Waals surface area contributed by atoms with Crippen molar-refractivity contribution in [2.45, 2.75) is 13.5 Å². The Balaban J connectivity index is 2.02. The van der Waals surface area contributed by atoms with Crippen molar-refractivity contribution in [1.82, 2.24) is 25.5 Å². The number of carbonyl (C=O) groups excluding carboxylic acids is 1. The molecule has 2 heterocycles. The summed E-state index contributed by atoms with van der Waals surface area (Å²) < 4.78 is 29.0. The number of aliphatic hydroxyl groups excluding tert-OH is 1. The van der Waals surface area contributed by atoms with Crippen LogP contribution in [0.5, 0.6) is 5.75 Å². The van der Waals surface area contributed by atoms with Crippen molar-refractivity contribution in [2.75, 3.05) is 13.2 Å². The molecule has 8 nitrogen and oxygen atoms in total. The Morgan fingerprint density at radius 2 is 2.04 bits per heavy atom. The number of hydrogen-bond acceptors (Lipinski definition) is 6. The van der Waals surface area contributed by atoms with Crippen LogP contribution < -0.4 is 10.1 Å². The number of hydrogen-bond donors (Lipinski definition) is 3. The molecule has 10 heteroatoms. The van der Waals surface area contributed by atoms with Crippen LogP contribution >= 0.6 is 0 Å². The topological polar surface area (TPSA) is 113 Å². The molecule has 0 aliphatic carbocycles. The minimum absolute atomic E-state index is 0.0135. The lowest BCUT2D eigenvalue weighted by molar-refractivity contribution is -0.0498. The lowest BCUT2D eigenvalue weighted by Crippen LogP contribution is -2.27. The highest BCUT2D eigenvalue weighted by atomic mass is 19.3. The zero-order valence-electron chi connectivity index (χ0n) is 14.8. The number of carbonyl (C=O) groups is 1. The van der Waals surface area contributed by atoms with Gasteiger partial charge in [-0.1, -0.05) is 0 Å². The zero-order chi connectivity index (χ0) is 20.1. The van der Waals surface area contributed by atoms with Crippen molar-refractivity contribution in [1.29, 1.82) is 0 Å². The Hall–Kier alpha value is -3.40. The maximum Gasteiger partial charge on any atom is 0.387 e. The SMILES string of the molecule is Cc1n[nH]cc1-c1nc(C(=O)NCCO)cc(-c2ccc(OC(F)F)cc2)n1. The minimum Gasteiger partial charge on any atom is -0.435 e. The van der Waals surface area contributed by atoms with Crippen molar-refractivity contribution in [2.24, 2.45) is 0 Å². The molecular weight excluding hydrogens is 372 g/mol. The molecule has 1 aromatic carbocycles. The molecule has 0 radical (unpaired) electrons. The number of rotatable bonds is 7. The maximum absolute atomic E-state index is 12.3. The van der Waals surface area contributed by atoms with Crippen LogP contribution in [0.15, 0.2) is 36.5 Å². The van der Waals surface area contributed by atoms with Gasteiger partial charge in [-0.3, -0.25) is 9.89 Å². The Bertz CT molecular complexity index is 960. The summed E-state index contributed by atoms with van der Waals surface area (Å²) in [4.78, 5) is 21.1. The predicted octanol–water partition coefficient (Wildman–Crippen LogP) is 2.17. The number of benzene rings is 1. The van der Waals surface area contributed by atoms with Gasteiger partial charge in [0.25, 0.3) is 5.91 Å². The third-order valence-electron chi connectivity index (χ3n) is 3.80. The van der Waals surface area contributed by atoms with E-state index in [1.165, 1.54) is 18.2 Å². The number of aliphatic hydroxyl groups is 1. The van der Waals surface area contributed by atoms with Crippen molar-refractivity contribution in [3.63, 3.8) is 0 Å². The van der Waals surface area contributed by atoms with E-state index in [1.54, 1.807) is 25.3 Å². The Morgan fingerprint density at radius 1 is 1.29 bits per heavy atom. The summed E-state index contributed by atoms with van der Waals surface area (Å²) in [7, 11) is 0. The van der Waals surface area contributed by atoms with E-state index in [2.05, 4.69) is 30.2 Å². The molecule has 3 rings (SSSR count). The normalized spacial score (nSPS) is 10.9. The highest BCUT2D eigenvalue weighted by molar-refractivity contribution is 5.93. The number of aromatic nitrogens is 4. The number of aromatic amines is 1. The number of ether oxygens (including phenoxy) is 1. The highest BCUT2D eigenvalue weighted by Crippen LogP contribution is 2.26. The van der Waals surface area contributed by atoms with Gasteiger partial charge in [-0.25, -0.2) is 9.97 Å². The van der Waals surface area contributed by atoms with Crippen LogP contribution in [0.1, 0.15) is 16.2 Å². The van der Waals surface area contributed by atoms with Gasteiger partial charge in [-0.2, -0.15) is 13.9 Å². The second-order valence-electron chi connectivity index (χ2n) is 5.73. The molecule has 3 aromatic rings. The van der Waals surface area contributed by atoms with Crippen LogP contribution in [0.3, 0.4) is 0 Å². The van der Waals surface area contributed by atoms with Crippen LogP contribution in [-0.4, -0.2) is 50.9 Å². The standard InChI is InChI=1S/C18H17F2N5O3/c1-10-13(9-22-25-10)16-23-14(8-15(24-16)17(27)21-6-7-26)11-2-4-12(5-3-11)28-18(19)20/h2-5,8-9,18,26H,6-7H2,1H3,(H,21,27)(H,22,25). The van der Waals surface area contributed by atoms with Gasteiger partial charge in [-0.15, -0.1) is 0 Å². The average molecular weight is 389 g/mol. The molecule has 3 N–H and O–H groups in total. The quantitative estimate of drug-likeness (QED) is 0.571. The molecule has 0 unspecified atom stereocenters. The maximum atomic E-state index is 12.3. The molecule has 0 bridgehead atoms. The monoisotopic (exact) mass is 389 g/mol. The van der Waals surface area contributed by atoms with Gasteiger partial charge in [0, 0.05) is 18.3 Å². The highest BCUT2D eigenvalue weighted by Gasteiger charge is 2.16. The lowest BCUT2D eigenvalue weighted by Gasteiger charge is -2.09. The summed E-state index contributed by atoms with van der Waals surface area (Å²) in [6.07, 6.45) is 1.61. The fraction of sp³-hybridized carbons (Fsp3) is 0.222. The zero-order valence-corrected chi connectivity index (χ0v) is 14.8. The van der Waals surface area contributed by atoms with Gasteiger partial charge in [0.05, 0.1) is 23.6 Å². The summed E-state index contributed by atoms with van der Waals surface area (Å²) in [5.41, 5.74) is 2.38. The van der Waals surface area contributed by atoms with E-state index in [0.29, 0.717) is 22.5 Å². The molecule has 0 atom stereocenters. The Kier molecular flexibility index (Phi) is 5.90. The van der Waals surface area contributed by atoms with E-state index in [4.69, 9.17) is 5.11 Å². The second kappa shape index (κ2) is 8.53. The van der Waals surface area contributed by atoms with E-state index in [9.17, 15) is 13.6 Å². The first kappa shape index (κ1) is 19.4. The van der Waals surface area contributed by atoms with E-state index >= 15 is 0 Å². The molecule has 146 valence electrons. The predicted molar refractivity (Wildman–Crippen MR) is 95.8 cm³/mol. The first-order valence-electron chi connectivity index (χ1n) is 8.32. The molecule has 0 fully saturated rings. The summed E-state index contributed by atoms with van der Waals surface area (Å²) >= 11 is 0. The molecule has 28 heavy (non-hydrogen) atoms. The van der Waals surface area contributed by atoms with Crippen LogP contribution in [0.4, 0.5) is 8.78 Å². The third-order valence-corrected chi connectivity index (χ3v) is 3.80. The van der Waals surface area contributed by atoms with Crippen LogP contribution in [0.2, 0.25) is 0 Å². The summed E-state index contributed by atoms with van der Waals surface area (Å²) in [5, 5.41) is 18.2. The first-order chi connectivity index (χ1) is 13.5. The number of nitrogens with zero attached hydrogens (tertiary/aromatic N) is 3. The second-order valence-corrected chi connectivity index (χ2v) is 5.73. The molecular formula is C18H17F2N5O3. The van der Waals surface area contributed by atoms with Gasteiger partial charge in [-0.05, 0) is 37.3 Å². The van der Waals surface area contributed by atoms with E-state index in [1.807, 2.05) is 0 Å². The number of amides is 1. The molecule has 2 aromatic heterocycles. The Labute approximate surface area is 158 Å². The average Bonchev–Trinajstić information content (AvgIpc) is 3.12. The fourth-order valence-corrected chi connectivity index (χ4v) is 2.48. The van der Waals surface area contributed by atoms with Crippen LogP contribution in [0.25, 0.3) is 22.6 Å². The molecule has 0 spiro atoms. The third kappa shape index (κ3) is 4.46. The van der Waals surface area contributed by atoms with Gasteiger partial charge in [0.1, 0.15) is 11.4 Å². The van der Waals surface area contributed by atoms with Crippen molar-refractivity contribution < 1.29 is 23.4 Å². The first-order valence-corrected chi connectivity index (χ1v) is 8.32. The number of alkyl halides is 2. The smallest absolute Gasteiger partial charge is 0.387 e. The van der Waals surface area contributed by atoms with E-state index in [-0.39, 0.29) is 30.4 Å². The molecule has 0 aliphatic heterocycles. The van der Waals surface area contributed by atoms with Gasteiger partial charge in [0.15, 0.2) is 5.82 Å². The fourth-order valence-electron chi connectivity index (χ4n) is 2.48. The molecule has 1 amide bonds. The van der Waals surface area contributed by atoms with E-state index < -0.39 is 12.5 Å². The summed E-state index contributed by atoms with van der Waals surface area (Å²) in [5.74, 6) is -0.178. The van der Waals surface area contributed by atoms with E-state index in [0.717, 1.165) is 0 Å². The molecule has 0 saturated heterocycles. The van der Waals surface area contributed by atoms with Crippen molar-refractivity contribution >= 4 is 5.91 Å². The summed E-state index contributed by atoms with van der Waals surface area (Å²) in [6.45, 7) is -1.27. The van der Waals surface area contributed by atoms with Crippen molar-refractivity contribution in [3.05, 3.63) is 47.9 Å². The van der Waals surface area contributed by atoms with Crippen LogP contribution in [0, 0.1) is 6.92 Å². The molecule has 0 saturated carbocycles. The van der Waals surface area contributed by atoms with Crippen molar-refractivity contribution in [3.8, 4) is 28.4 Å². The van der Waals surface area contributed by atoms with Gasteiger partial charge >= 0.3 is 6.61 Å².